The van der Waals surface area contributed by atoms with E-state index in [1.807, 2.05) is 0 Å². The van der Waals surface area contributed by atoms with Gasteiger partial charge in [-0.25, -0.2) is 0 Å². The summed E-state index contributed by atoms with van der Waals surface area (Å²) in [5, 5.41) is 8.57. The molecular formula is C8H15NO4. The molecule has 2 atom stereocenters. The molecule has 0 aromatic carbocycles. The fourth-order valence-electron chi connectivity index (χ4n) is 0.989. The Morgan fingerprint density at radius 1 is 1.46 bits per heavy atom. The molecule has 76 valence electrons. The van der Waals surface area contributed by atoms with Crippen LogP contribution in [0, 0.1) is 5.92 Å². The molecule has 0 aromatic rings. The molecule has 0 aliphatic carbocycles. The van der Waals surface area contributed by atoms with Gasteiger partial charge < -0.3 is 15.6 Å². The summed E-state index contributed by atoms with van der Waals surface area (Å²) >= 11 is 0. The molecule has 0 spiro atoms. The Morgan fingerprint density at radius 3 is 2.31 bits per heavy atom. The third-order valence-corrected chi connectivity index (χ3v) is 1.75. The molecule has 0 heterocycles. The van der Waals surface area contributed by atoms with Crippen molar-refractivity contribution in [1.29, 1.82) is 0 Å². The molecule has 0 saturated heterocycles. The number of ether oxygens (including phenoxy) is 1. The Bertz CT molecular complexity index is 193. The van der Waals surface area contributed by atoms with Gasteiger partial charge in [0.1, 0.15) is 6.04 Å². The lowest BCUT2D eigenvalue weighted by molar-refractivity contribution is -0.154. The Labute approximate surface area is 76.9 Å². The van der Waals surface area contributed by atoms with Crippen molar-refractivity contribution in [2.75, 3.05) is 6.61 Å². The van der Waals surface area contributed by atoms with Crippen molar-refractivity contribution in [2.45, 2.75) is 26.3 Å². The summed E-state index contributed by atoms with van der Waals surface area (Å²) < 4.78 is 4.68. The Morgan fingerprint density at radius 2 is 2.00 bits per heavy atom. The van der Waals surface area contributed by atoms with E-state index in [-0.39, 0.29) is 6.61 Å². The Hall–Kier alpha value is -1.10. The minimum absolute atomic E-state index is 0.238. The molecule has 0 rings (SSSR count). The van der Waals surface area contributed by atoms with E-state index in [0.29, 0.717) is 6.42 Å². The number of hydrogen-bond acceptors (Lipinski definition) is 4. The van der Waals surface area contributed by atoms with E-state index in [1.54, 1.807) is 13.8 Å². The summed E-state index contributed by atoms with van der Waals surface area (Å²) in [6.45, 7) is 3.60. The predicted molar refractivity (Wildman–Crippen MR) is 46.0 cm³/mol. The molecule has 0 amide bonds. The number of carboxylic acids is 1. The number of rotatable bonds is 5. The van der Waals surface area contributed by atoms with E-state index < -0.39 is 23.9 Å². The van der Waals surface area contributed by atoms with E-state index in [4.69, 9.17) is 10.8 Å². The lowest BCUT2D eigenvalue weighted by atomic mass is 9.98. The molecule has 0 saturated carbocycles. The Kier molecular flexibility index (Phi) is 5.06. The van der Waals surface area contributed by atoms with E-state index in [0.717, 1.165) is 0 Å². The second-order valence-corrected chi connectivity index (χ2v) is 2.63. The SMILES string of the molecule is CCOC(=O)[C@@H](CC)[C@H](N)C(=O)O. The fourth-order valence-corrected chi connectivity index (χ4v) is 0.989. The number of carbonyl (C=O) groups excluding carboxylic acids is 1. The van der Waals surface area contributed by atoms with Gasteiger partial charge in [-0.3, -0.25) is 9.59 Å². The first-order valence-electron chi connectivity index (χ1n) is 4.19. The van der Waals surface area contributed by atoms with Crippen LogP contribution in [0.5, 0.6) is 0 Å². The first-order valence-corrected chi connectivity index (χ1v) is 4.19. The van der Waals surface area contributed by atoms with Gasteiger partial charge in [0.05, 0.1) is 12.5 Å². The minimum atomic E-state index is -1.18. The average molecular weight is 189 g/mol. The highest BCUT2D eigenvalue weighted by atomic mass is 16.5. The first-order chi connectivity index (χ1) is 6.04. The van der Waals surface area contributed by atoms with Crippen LogP contribution in [-0.2, 0) is 14.3 Å². The van der Waals surface area contributed by atoms with E-state index >= 15 is 0 Å². The number of aliphatic carboxylic acids is 1. The summed E-state index contributed by atoms with van der Waals surface area (Å²) in [5.41, 5.74) is 5.30. The third-order valence-electron chi connectivity index (χ3n) is 1.75. The van der Waals surface area contributed by atoms with Crippen molar-refractivity contribution in [3.05, 3.63) is 0 Å². The van der Waals surface area contributed by atoms with Crippen molar-refractivity contribution in [3.63, 3.8) is 0 Å². The maximum Gasteiger partial charge on any atom is 0.321 e. The van der Waals surface area contributed by atoms with Crippen LogP contribution in [0.2, 0.25) is 0 Å². The molecule has 0 radical (unpaired) electrons. The molecule has 0 unspecified atom stereocenters. The number of nitrogens with two attached hydrogens (primary N) is 1. The zero-order valence-corrected chi connectivity index (χ0v) is 7.82. The van der Waals surface area contributed by atoms with Gasteiger partial charge in [-0.1, -0.05) is 6.92 Å². The maximum absolute atomic E-state index is 11.2. The molecule has 13 heavy (non-hydrogen) atoms. The van der Waals surface area contributed by atoms with Crippen LogP contribution in [0.3, 0.4) is 0 Å². The van der Waals surface area contributed by atoms with Crippen molar-refractivity contribution in [3.8, 4) is 0 Å². The summed E-state index contributed by atoms with van der Waals surface area (Å²) in [5.74, 6) is -2.47. The standard InChI is InChI=1S/C8H15NO4/c1-3-5(6(9)7(10)11)8(12)13-4-2/h5-6H,3-4,9H2,1-2H3,(H,10,11)/t5-,6-/m0/s1. The van der Waals surface area contributed by atoms with Gasteiger partial charge in [-0.15, -0.1) is 0 Å². The number of esters is 1. The fraction of sp³-hybridized carbons (Fsp3) is 0.750. The molecule has 0 aliphatic heterocycles. The first kappa shape index (κ1) is 11.9. The van der Waals surface area contributed by atoms with Crippen LogP contribution in [0.1, 0.15) is 20.3 Å². The summed E-state index contributed by atoms with van der Waals surface area (Å²) in [6, 6.07) is -1.18. The highest BCUT2D eigenvalue weighted by Crippen LogP contribution is 2.09. The van der Waals surface area contributed by atoms with Gasteiger partial charge in [0.25, 0.3) is 0 Å². The molecule has 5 nitrogen and oxygen atoms in total. The highest BCUT2D eigenvalue weighted by Gasteiger charge is 2.29. The summed E-state index contributed by atoms with van der Waals surface area (Å²) in [7, 11) is 0. The van der Waals surface area contributed by atoms with Gasteiger partial charge in [0.2, 0.25) is 0 Å². The summed E-state index contributed by atoms with van der Waals surface area (Å²) in [4.78, 5) is 21.6. The van der Waals surface area contributed by atoms with E-state index in [2.05, 4.69) is 4.74 Å². The molecule has 0 aromatic heterocycles. The summed E-state index contributed by atoms with van der Waals surface area (Å²) in [6.07, 6.45) is 0.367. The van der Waals surface area contributed by atoms with Gasteiger partial charge in [0.15, 0.2) is 0 Å². The van der Waals surface area contributed by atoms with Crippen molar-refractivity contribution >= 4 is 11.9 Å². The van der Waals surface area contributed by atoms with Gasteiger partial charge in [-0.05, 0) is 13.3 Å². The van der Waals surface area contributed by atoms with Gasteiger partial charge in [0, 0.05) is 0 Å². The number of carboxylic acid groups (broad SMARTS) is 1. The zero-order chi connectivity index (χ0) is 10.4. The van der Waals surface area contributed by atoms with Crippen molar-refractivity contribution in [1.82, 2.24) is 0 Å². The van der Waals surface area contributed by atoms with E-state index in [9.17, 15) is 9.59 Å². The number of carbonyl (C=O) groups is 2. The smallest absolute Gasteiger partial charge is 0.321 e. The molecular weight excluding hydrogens is 174 g/mol. The van der Waals surface area contributed by atoms with Crippen LogP contribution in [0.15, 0.2) is 0 Å². The van der Waals surface area contributed by atoms with Crippen LogP contribution in [-0.4, -0.2) is 29.7 Å². The lowest BCUT2D eigenvalue weighted by Crippen LogP contribution is -2.42. The topological polar surface area (TPSA) is 89.6 Å². The molecule has 0 fully saturated rings. The molecule has 5 heteroatoms. The molecule has 0 bridgehead atoms. The second kappa shape index (κ2) is 5.53. The lowest BCUT2D eigenvalue weighted by Gasteiger charge is -2.16. The Balaban J connectivity index is 4.31. The van der Waals surface area contributed by atoms with Crippen LogP contribution in [0.25, 0.3) is 0 Å². The average Bonchev–Trinajstić information content (AvgIpc) is 2.05. The van der Waals surface area contributed by atoms with Crippen LogP contribution >= 0.6 is 0 Å². The normalized spacial score (nSPS) is 14.7. The van der Waals surface area contributed by atoms with Crippen molar-refractivity contribution < 1.29 is 19.4 Å². The zero-order valence-electron chi connectivity index (χ0n) is 7.82. The van der Waals surface area contributed by atoms with Crippen LogP contribution in [0.4, 0.5) is 0 Å². The molecule has 0 aliphatic rings. The monoisotopic (exact) mass is 189 g/mol. The van der Waals surface area contributed by atoms with E-state index in [1.165, 1.54) is 0 Å². The minimum Gasteiger partial charge on any atom is -0.480 e. The van der Waals surface area contributed by atoms with Gasteiger partial charge in [-0.2, -0.15) is 0 Å². The third kappa shape index (κ3) is 3.42. The van der Waals surface area contributed by atoms with Gasteiger partial charge >= 0.3 is 11.9 Å². The predicted octanol–water partition coefficient (Wildman–Crippen LogP) is -0.0124. The number of hydrogen-bond donors (Lipinski definition) is 2. The highest BCUT2D eigenvalue weighted by molar-refractivity contribution is 5.83. The molecule has 3 N–H and O–H groups in total. The quantitative estimate of drug-likeness (QED) is 0.593. The van der Waals surface area contributed by atoms with Crippen molar-refractivity contribution in [2.24, 2.45) is 11.7 Å². The largest absolute Gasteiger partial charge is 0.480 e. The van der Waals surface area contributed by atoms with Crippen LogP contribution < -0.4 is 5.73 Å². The second-order valence-electron chi connectivity index (χ2n) is 2.63. The maximum atomic E-state index is 11.2.